The van der Waals surface area contributed by atoms with Gasteiger partial charge in [-0.05, 0) is 31.1 Å². The van der Waals surface area contributed by atoms with Crippen molar-refractivity contribution in [2.24, 2.45) is 5.10 Å². The zero-order valence-corrected chi connectivity index (χ0v) is 14.0. The topological polar surface area (TPSA) is 79.6 Å². The number of nitrogens with zero attached hydrogens (tertiary/aromatic N) is 2. The van der Waals surface area contributed by atoms with Crippen molar-refractivity contribution in [1.82, 2.24) is 10.7 Å². The molecule has 124 valence electrons. The first-order chi connectivity index (χ1) is 11.6. The highest BCUT2D eigenvalue weighted by atomic mass is 32.1. The molecule has 0 amide bonds. The Labute approximate surface area is 145 Å². The third-order valence-corrected chi connectivity index (χ3v) is 3.58. The standard InChI is InChI=1S/C17H18N4O2S/c1-13(15-8-5-9-16(12-15)21(22)23)19-20-17(24)18-11-10-14-6-3-2-4-7-14/h2-9,12H,10-11H2,1H3,(H2,18,20,24). The molecule has 0 saturated heterocycles. The number of nitro groups is 1. The molecule has 0 aromatic heterocycles. The van der Waals surface area contributed by atoms with Crippen LogP contribution < -0.4 is 10.7 Å². The summed E-state index contributed by atoms with van der Waals surface area (Å²) in [4.78, 5) is 10.4. The van der Waals surface area contributed by atoms with Crippen molar-refractivity contribution in [3.63, 3.8) is 0 Å². The van der Waals surface area contributed by atoms with E-state index in [1.54, 1.807) is 19.1 Å². The van der Waals surface area contributed by atoms with Crippen LogP contribution in [-0.2, 0) is 6.42 Å². The van der Waals surface area contributed by atoms with E-state index >= 15 is 0 Å². The van der Waals surface area contributed by atoms with Gasteiger partial charge in [0.15, 0.2) is 5.11 Å². The second-order valence-corrected chi connectivity index (χ2v) is 5.52. The normalized spacial score (nSPS) is 11.0. The smallest absolute Gasteiger partial charge is 0.270 e. The van der Waals surface area contributed by atoms with Crippen molar-refractivity contribution < 1.29 is 4.92 Å². The summed E-state index contributed by atoms with van der Waals surface area (Å²) in [7, 11) is 0. The molecule has 7 heteroatoms. The lowest BCUT2D eigenvalue weighted by Crippen LogP contribution is -2.33. The molecule has 0 atom stereocenters. The van der Waals surface area contributed by atoms with E-state index in [4.69, 9.17) is 12.2 Å². The molecule has 0 unspecified atom stereocenters. The molecule has 24 heavy (non-hydrogen) atoms. The number of hydrogen-bond donors (Lipinski definition) is 2. The van der Waals surface area contributed by atoms with Gasteiger partial charge < -0.3 is 5.32 Å². The number of hydrogen-bond acceptors (Lipinski definition) is 4. The Hall–Kier alpha value is -2.80. The van der Waals surface area contributed by atoms with E-state index in [0.29, 0.717) is 22.9 Å². The zero-order chi connectivity index (χ0) is 17.4. The average molecular weight is 342 g/mol. The Balaban J connectivity index is 1.84. The Morgan fingerprint density at radius 1 is 1.21 bits per heavy atom. The van der Waals surface area contributed by atoms with Gasteiger partial charge in [-0.3, -0.25) is 15.5 Å². The molecule has 2 rings (SSSR count). The molecule has 0 fully saturated rings. The molecule has 2 aromatic rings. The van der Waals surface area contributed by atoms with E-state index in [0.717, 1.165) is 6.42 Å². The lowest BCUT2D eigenvalue weighted by atomic mass is 10.1. The van der Waals surface area contributed by atoms with Crippen molar-refractivity contribution in [1.29, 1.82) is 0 Å². The fourth-order valence-electron chi connectivity index (χ4n) is 2.05. The fourth-order valence-corrected chi connectivity index (χ4v) is 2.20. The van der Waals surface area contributed by atoms with Gasteiger partial charge in [0.2, 0.25) is 0 Å². The predicted molar refractivity (Wildman–Crippen MR) is 99.2 cm³/mol. The van der Waals surface area contributed by atoms with Gasteiger partial charge >= 0.3 is 0 Å². The highest BCUT2D eigenvalue weighted by Crippen LogP contribution is 2.13. The second kappa shape index (κ2) is 8.73. The monoisotopic (exact) mass is 342 g/mol. The molecular weight excluding hydrogens is 324 g/mol. The first kappa shape index (κ1) is 17.6. The summed E-state index contributed by atoms with van der Waals surface area (Å²) in [5.74, 6) is 0. The largest absolute Gasteiger partial charge is 0.361 e. The van der Waals surface area contributed by atoms with E-state index in [1.165, 1.54) is 17.7 Å². The maximum Gasteiger partial charge on any atom is 0.270 e. The van der Waals surface area contributed by atoms with E-state index in [1.807, 2.05) is 18.2 Å². The van der Waals surface area contributed by atoms with Crippen LogP contribution in [0.1, 0.15) is 18.1 Å². The Kier molecular flexibility index (Phi) is 6.39. The second-order valence-electron chi connectivity index (χ2n) is 5.11. The van der Waals surface area contributed by atoms with Crippen LogP contribution in [0.4, 0.5) is 5.69 Å². The first-order valence-electron chi connectivity index (χ1n) is 7.43. The minimum atomic E-state index is -0.431. The molecule has 0 aliphatic carbocycles. The number of nitrogens with one attached hydrogen (secondary N) is 2. The fraction of sp³-hybridized carbons (Fsp3) is 0.176. The summed E-state index contributed by atoms with van der Waals surface area (Å²) in [6, 6.07) is 16.4. The van der Waals surface area contributed by atoms with Gasteiger partial charge in [-0.1, -0.05) is 42.5 Å². The molecule has 0 radical (unpaired) electrons. The summed E-state index contributed by atoms with van der Waals surface area (Å²) in [6.07, 6.45) is 0.857. The number of thiocarbonyl (C=S) groups is 1. The number of hydrazone groups is 1. The van der Waals surface area contributed by atoms with Gasteiger partial charge in [0.05, 0.1) is 10.6 Å². The summed E-state index contributed by atoms with van der Waals surface area (Å²) in [6.45, 7) is 2.46. The Morgan fingerprint density at radius 2 is 1.96 bits per heavy atom. The van der Waals surface area contributed by atoms with Crippen LogP contribution in [0.3, 0.4) is 0 Å². The van der Waals surface area contributed by atoms with Crippen LogP contribution in [-0.4, -0.2) is 22.3 Å². The van der Waals surface area contributed by atoms with Crippen LogP contribution in [0.2, 0.25) is 0 Å². The number of benzene rings is 2. The quantitative estimate of drug-likeness (QED) is 0.365. The molecule has 6 nitrogen and oxygen atoms in total. The lowest BCUT2D eigenvalue weighted by molar-refractivity contribution is -0.384. The minimum Gasteiger partial charge on any atom is -0.361 e. The third kappa shape index (κ3) is 5.44. The molecule has 0 aliphatic heterocycles. The van der Waals surface area contributed by atoms with E-state index in [9.17, 15) is 10.1 Å². The molecule has 2 aromatic carbocycles. The molecule has 2 N–H and O–H groups in total. The molecule has 0 heterocycles. The third-order valence-electron chi connectivity index (χ3n) is 3.34. The summed E-state index contributed by atoms with van der Waals surface area (Å²) < 4.78 is 0. The predicted octanol–water partition coefficient (Wildman–Crippen LogP) is 3.03. The highest BCUT2D eigenvalue weighted by molar-refractivity contribution is 7.80. The molecular formula is C17H18N4O2S. The Morgan fingerprint density at radius 3 is 2.67 bits per heavy atom. The molecule has 0 spiro atoms. The molecule has 0 bridgehead atoms. The lowest BCUT2D eigenvalue weighted by Gasteiger charge is -2.08. The molecule has 0 aliphatic rings. The number of non-ortho nitro benzene ring substituents is 1. The summed E-state index contributed by atoms with van der Waals surface area (Å²) >= 11 is 5.17. The van der Waals surface area contributed by atoms with E-state index in [2.05, 4.69) is 28.0 Å². The molecule has 0 saturated carbocycles. The maximum absolute atomic E-state index is 10.8. The summed E-state index contributed by atoms with van der Waals surface area (Å²) in [5.41, 5.74) is 5.30. The van der Waals surface area contributed by atoms with E-state index < -0.39 is 4.92 Å². The van der Waals surface area contributed by atoms with E-state index in [-0.39, 0.29) is 5.69 Å². The van der Waals surface area contributed by atoms with Crippen LogP contribution >= 0.6 is 12.2 Å². The average Bonchev–Trinajstić information content (AvgIpc) is 2.60. The van der Waals surface area contributed by atoms with Crippen LogP contribution in [0.15, 0.2) is 59.7 Å². The Bertz CT molecular complexity index is 747. The highest BCUT2D eigenvalue weighted by Gasteiger charge is 2.07. The SMILES string of the molecule is CC(=NNC(=S)NCCc1ccccc1)c1cccc([N+](=O)[O-])c1. The van der Waals surface area contributed by atoms with Crippen molar-refractivity contribution in [3.8, 4) is 0 Å². The maximum atomic E-state index is 10.8. The summed E-state index contributed by atoms with van der Waals surface area (Å²) in [5, 5.41) is 18.4. The first-order valence-corrected chi connectivity index (χ1v) is 7.84. The van der Waals surface area contributed by atoms with Gasteiger partial charge in [0.1, 0.15) is 0 Å². The van der Waals surface area contributed by atoms with Gasteiger partial charge in [-0.15, -0.1) is 0 Å². The number of nitro benzene ring substituents is 1. The number of rotatable bonds is 6. The van der Waals surface area contributed by atoms with Gasteiger partial charge in [0, 0.05) is 24.2 Å². The van der Waals surface area contributed by atoms with Crippen molar-refractivity contribution in [2.45, 2.75) is 13.3 Å². The van der Waals surface area contributed by atoms with Gasteiger partial charge in [0.25, 0.3) is 5.69 Å². The minimum absolute atomic E-state index is 0.0330. The van der Waals surface area contributed by atoms with Crippen molar-refractivity contribution in [3.05, 3.63) is 75.8 Å². The van der Waals surface area contributed by atoms with Crippen LogP contribution in [0.25, 0.3) is 0 Å². The van der Waals surface area contributed by atoms with Crippen LogP contribution in [0.5, 0.6) is 0 Å². The van der Waals surface area contributed by atoms with Crippen molar-refractivity contribution >= 4 is 28.7 Å². The zero-order valence-electron chi connectivity index (χ0n) is 13.2. The van der Waals surface area contributed by atoms with Gasteiger partial charge in [-0.2, -0.15) is 5.10 Å². The van der Waals surface area contributed by atoms with Crippen molar-refractivity contribution in [2.75, 3.05) is 6.54 Å². The van der Waals surface area contributed by atoms with Crippen LogP contribution in [0, 0.1) is 10.1 Å². The van der Waals surface area contributed by atoms with Gasteiger partial charge in [-0.25, -0.2) is 0 Å².